The number of anilines is 2. The topological polar surface area (TPSA) is 99.1 Å². The number of carbonyl (C=O) groups is 1. The lowest BCUT2D eigenvalue weighted by molar-refractivity contribution is 0.0277. The number of urea groups is 1. The van der Waals surface area contributed by atoms with Crippen molar-refractivity contribution in [3.8, 4) is 6.07 Å². The molecule has 124 valence electrons. The molecule has 0 saturated carbocycles. The van der Waals surface area contributed by atoms with Crippen LogP contribution in [0.2, 0.25) is 0 Å². The number of rotatable bonds is 3. The van der Waals surface area contributed by atoms with Crippen LogP contribution in [0.5, 0.6) is 0 Å². The molecule has 25 heavy (non-hydrogen) atoms. The van der Waals surface area contributed by atoms with Gasteiger partial charge in [0.2, 0.25) is 0 Å². The second-order valence-corrected chi connectivity index (χ2v) is 5.53. The van der Waals surface area contributed by atoms with Gasteiger partial charge in [0.25, 0.3) is 0 Å². The monoisotopic (exact) mass is 333 g/mol. The molecule has 0 bridgehead atoms. The summed E-state index contributed by atoms with van der Waals surface area (Å²) in [5, 5.41) is 17.3. The molecule has 1 saturated heterocycles. The lowest BCUT2D eigenvalue weighted by Crippen LogP contribution is -2.33. The highest BCUT2D eigenvalue weighted by molar-refractivity contribution is 6.36. The van der Waals surface area contributed by atoms with E-state index in [4.69, 9.17) is 17.8 Å². The number of morpholine rings is 1. The number of pyridine rings is 1. The molecule has 0 unspecified atom stereocenters. The van der Waals surface area contributed by atoms with E-state index in [1.165, 1.54) is 12.3 Å². The first-order valence-corrected chi connectivity index (χ1v) is 7.81. The Morgan fingerprint density at radius 3 is 2.88 bits per heavy atom. The van der Waals surface area contributed by atoms with Gasteiger partial charge < -0.3 is 20.7 Å². The van der Waals surface area contributed by atoms with Gasteiger partial charge in [-0.15, -0.1) is 0 Å². The van der Waals surface area contributed by atoms with Gasteiger partial charge in [0, 0.05) is 18.8 Å². The van der Waals surface area contributed by atoms with Crippen molar-refractivity contribution in [1.29, 1.82) is 5.26 Å². The molecule has 0 aliphatic carbocycles. The number of hydrogen-bond donors (Lipinski definition) is 3. The first kappa shape index (κ1) is 17.0. The molecule has 2 amide bonds. The summed E-state index contributed by atoms with van der Waals surface area (Å²) < 4.78 is 5.69. The predicted molar refractivity (Wildman–Crippen MR) is 95.0 cm³/mol. The molecule has 2 heterocycles. The summed E-state index contributed by atoms with van der Waals surface area (Å²) in [6, 6.07) is 10.0. The number of nitrogens with zero attached hydrogens (tertiary/aromatic N) is 2. The van der Waals surface area contributed by atoms with Gasteiger partial charge in [0.15, 0.2) is 0 Å². The fourth-order valence-corrected chi connectivity index (χ4v) is 2.49. The van der Waals surface area contributed by atoms with Gasteiger partial charge in [-0.1, -0.05) is 17.6 Å². The molecule has 2 radical (unpaired) electrons. The van der Waals surface area contributed by atoms with Gasteiger partial charge in [0.05, 0.1) is 24.6 Å². The van der Waals surface area contributed by atoms with Crippen LogP contribution in [0.1, 0.15) is 17.4 Å². The summed E-state index contributed by atoms with van der Waals surface area (Å²) in [6.07, 6.45) is 1.38. The van der Waals surface area contributed by atoms with Crippen LogP contribution in [-0.4, -0.2) is 38.6 Å². The van der Waals surface area contributed by atoms with E-state index < -0.39 is 6.03 Å². The van der Waals surface area contributed by atoms with E-state index in [2.05, 4.69) is 20.9 Å². The Hall–Kier alpha value is -2.89. The molecule has 1 aromatic heterocycles. The van der Waals surface area contributed by atoms with E-state index in [1.54, 1.807) is 18.2 Å². The predicted octanol–water partition coefficient (Wildman–Crippen LogP) is 1.05. The molecule has 3 N–H and O–H groups in total. The standard InChI is InChI=1S/C17H16BN5O2/c18-14-7-11(16-10-20-5-6-25-16)1-4-15(14)23-17(24)22-13-3-2-12(8-19)21-9-13/h1-4,7,9,16,20H,5-6,10H2,(H2,22,23,24)/t16-/m0/s1. The van der Waals surface area contributed by atoms with Crippen LogP contribution in [0.25, 0.3) is 0 Å². The van der Waals surface area contributed by atoms with Gasteiger partial charge in [-0.05, 0) is 23.8 Å². The van der Waals surface area contributed by atoms with E-state index in [1.807, 2.05) is 12.1 Å². The zero-order valence-corrected chi connectivity index (χ0v) is 13.5. The third-order valence-corrected chi connectivity index (χ3v) is 3.76. The molecule has 1 aliphatic heterocycles. The number of ether oxygens (including phenoxy) is 1. The van der Waals surface area contributed by atoms with Crippen LogP contribution in [0.4, 0.5) is 16.2 Å². The quantitative estimate of drug-likeness (QED) is 0.729. The lowest BCUT2D eigenvalue weighted by Gasteiger charge is -2.24. The van der Waals surface area contributed by atoms with Crippen molar-refractivity contribution in [2.75, 3.05) is 30.3 Å². The summed E-state index contributed by atoms with van der Waals surface area (Å²) in [4.78, 5) is 16.0. The van der Waals surface area contributed by atoms with E-state index in [9.17, 15) is 4.79 Å². The summed E-state index contributed by atoms with van der Waals surface area (Å²) in [6.45, 7) is 2.24. The molecule has 0 spiro atoms. The number of nitriles is 1. The molecular formula is C17H16BN5O2. The van der Waals surface area contributed by atoms with E-state index in [0.29, 0.717) is 23.4 Å². The Balaban J connectivity index is 1.63. The number of nitrogens with one attached hydrogen (secondary N) is 3. The second-order valence-electron chi connectivity index (χ2n) is 5.53. The van der Waals surface area contributed by atoms with Crippen molar-refractivity contribution in [3.63, 3.8) is 0 Å². The van der Waals surface area contributed by atoms with Crippen molar-refractivity contribution >= 4 is 30.7 Å². The lowest BCUT2D eigenvalue weighted by atomic mass is 9.90. The maximum Gasteiger partial charge on any atom is 0.323 e. The van der Waals surface area contributed by atoms with Gasteiger partial charge in [-0.25, -0.2) is 9.78 Å². The van der Waals surface area contributed by atoms with Gasteiger partial charge in [0.1, 0.15) is 19.6 Å². The van der Waals surface area contributed by atoms with Crippen LogP contribution in [0, 0.1) is 11.3 Å². The Bertz CT molecular complexity index is 798. The fourth-order valence-electron chi connectivity index (χ4n) is 2.49. The zero-order valence-electron chi connectivity index (χ0n) is 13.5. The maximum absolute atomic E-state index is 12.1. The number of aromatic nitrogens is 1. The van der Waals surface area contributed by atoms with E-state index in [-0.39, 0.29) is 11.8 Å². The van der Waals surface area contributed by atoms with Crippen LogP contribution in [0.3, 0.4) is 0 Å². The van der Waals surface area contributed by atoms with E-state index in [0.717, 1.165) is 18.7 Å². The third-order valence-electron chi connectivity index (χ3n) is 3.76. The van der Waals surface area contributed by atoms with Crippen molar-refractivity contribution < 1.29 is 9.53 Å². The SMILES string of the molecule is [B]c1cc([C@@H]2CNCCO2)ccc1NC(=O)Nc1ccc(C#N)nc1. The zero-order chi connectivity index (χ0) is 17.6. The number of carbonyl (C=O) groups excluding carboxylic acids is 1. The number of hydrogen-bond acceptors (Lipinski definition) is 5. The minimum atomic E-state index is -0.443. The van der Waals surface area contributed by atoms with Gasteiger partial charge in [-0.3, -0.25) is 0 Å². The Kier molecular flexibility index (Phi) is 5.28. The molecule has 2 aromatic rings. The highest BCUT2D eigenvalue weighted by Gasteiger charge is 2.16. The number of amides is 2. The first-order chi connectivity index (χ1) is 12.2. The first-order valence-electron chi connectivity index (χ1n) is 7.81. The van der Waals surface area contributed by atoms with Crippen LogP contribution in [-0.2, 0) is 4.74 Å². The maximum atomic E-state index is 12.1. The molecule has 7 nitrogen and oxygen atoms in total. The minimum Gasteiger partial charge on any atom is -0.371 e. The van der Waals surface area contributed by atoms with Crippen LogP contribution < -0.4 is 21.4 Å². The largest absolute Gasteiger partial charge is 0.371 e. The third kappa shape index (κ3) is 4.35. The Labute approximate surface area is 146 Å². The molecule has 1 aliphatic rings. The highest BCUT2D eigenvalue weighted by atomic mass is 16.5. The highest BCUT2D eigenvalue weighted by Crippen LogP contribution is 2.19. The Morgan fingerprint density at radius 2 is 2.24 bits per heavy atom. The van der Waals surface area contributed by atoms with Crippen LogP contribution in [0.15, 0.2) is 36.5 Å². The van der Waals surface area contributed by atoms with Crippen molar-refractivity contribution in [3.05, 3.63) is 47.8 Å². The minimum absolute atomic E-state index is 0.0383. The normalized spacial score (nSPS) is 16.7. The molecule has 1 fully saturated rings. The average molecular weight is 333 g/mol. The number of benzene rings is 1. The molecule has 1 aromatic carbocycles. The van der Waals surface area contributed by atoms with Gasteiger partial charge in [-0.2, -0.15) is 5.26 Å². The fraction of sp³-hybridized carbons (Fsp3) is 0.235. The molecular weight excluding hydrogens is 317 g/mol. The van der Waals surface area contributed by atoms with E-state index >= 15 is 0 Å². The molecule has 8 heteroatoms. The summed E-state index contributed by atoms with van der Waals surface area (Å²) in [7, 11) is 6.04. The van der Waals surface area contributed by atoms with Crippen molar-refractivity contribution in [2.24, 2.45) is 0 Å². The van der Waals surface area contributed by atoms with Crippen molar-refractivity contribution in [1.82, 2.24) is 10.3 Å². The summed E-state index contributed by atoms with van der Waals surface area (Å²) in [5.41, 5.74) is 2.69. The summed E-state index contributed by atoms with van der Waals surface area (Å²) >= 11 is 0. The van der Waals surface area contributed by atoms with Crippen LogP contribution >= 0.6 is 0 Å². The smallest absolute Gasteiger partial charge is 0.323 e. The van der Waals surface area contributed by atoms with Crippen molar-refractivity contribution in [2.45, 2.75) is 6.10 Å². The molecule has 3 rings (SSSR count). The average Bonchev–Trinajstić information content (AvgIpc) is 2.65. The second kappa shape index (κ2) is 7.79. The van der Waals surface area contributed by atoms with Gasteiger partial charge >= 0.3 is 6.03 Å². The Morgan fingerprint density at radius 1 is 1.36 bits per heavy atom. The summed E-state index contributed by atoms with van der Waals surface area (Å²) in [5.74, 6) is 0. The molecule has 1 atom stereocenters.